The highest BCUT2D eigenvalue weighted by molar-refractivity contribution is 5.95. The molecule has 3 nitrogen and oxygen atoms in total. The second kappa shape index (κ2) is 4.27. The van der Waals surface area contributed by atoms with Crippen molar-refractivity contribution in [2.45, 2.75) is 52.4 Å². The lowest BCUT2D eigenvalue weighted by Gasteiger charge is -2.64. The fourth-order valence-corrected chi connectivity index (χ4v) is 6.51. The maximum atomic E-state index is 13.1. The lowest BCUT2D eigenvalue weighted by Crippen LogP contribution is -2.58. The molecule has 4 aliphatic carbocycles. The third-order valence-corrected chi connectivity index (χ3v) is 6.23. The van der Waals surface area contributed by atoms with Gasteiger partial charge in [0.15, 0.2) is 0 Å². The molecule has 1 aromatic carbocycles. The fourth-order valence-electron chi connectivity index (χ4n) is 6.51. The van der Waals surface area contributed by atoms with Crippen molar-refractivity contribution in [2.75, 3.05) is 5.32 Å². The van der Waals surface area contributed by atoms with Gasteiger partial charge < -0.3 is 10.4 Å². The molecule has 0 spiro atoms. The van der Waals surface area contributed by atoms with E-state index in [1.807, 2.05) is 0 Å². The molecular weight excluding hydrogens is 274 g/mol. The van der Waals surface area contributed by atoms with E-state index in [0.29, 0.717) is 10.8 Å². The zero-order chi connectivity index (χ0) is 15.6. The molecule has 2 atom stereocenters. The Morgan fingerprint density at radius 2 is 1.64 bits per heavy atom. The Kier molecular flexibility index (Phi) is 2.74. The maximum Gasteiger partial charge on any atom is 0.230 e. The van der Waals surface area contributed by atoms with Gasteiger partial charge in [0.2, 0.25) is 5.91 Å². The minimum absolute atomic E-state index is 0.180. The van der Waals surface area contributed by atoms with Crippen LogP contribution in [0.1, 0.15) is 52.4 Å². The molecule has 0 saturated heterocycles. The lowest BCUT2D eigenvalue weighted by atomic mass is 9.40. The van der Waals surface area contributed by atoms with Crippen molar-refractivity contribution in [3.8, 4) is 5.75 Å². The quantitative estimate of drug-likeness (QED) is 0.799. The molecule has 0 radical (unpaired) electrons. The normalized spacial score (nSPS) is 42.4. The summed E-state index contributed by atoms with van der Waals surface area (Å²) in [5.41, 5.74) is 1.30. The van der Waals surface area contributed by atoms with Gasteiger partial charge in [-0.05, 0) is 79.5 Å². The van der Waals surface area contributed by atoms with Gasteiger partial charge in [-0.15, -0.1) is 0 Å². The highest BCUT2D eigenvalue weighted by atomic mass is 16.3. The average Bonchev–Trinajstić information content (AvgIpc) is 2.37. The summed E-state index contributed by atoms with van der Waals surface area (Å²) in [6.45, 7) is 4.77. The second-order valence-corrected chi connectivity index (χ2v) is 8.91. The van der Waals surface area contributed by atoms with Crippen molar-refractivity contribution >= 4 is 11.6 Å². The molecule has 22 heavy (non-hydrogen) atoms. The molecule has 2 unspecified atom stereocenters. The Hall–Kier alpha value is -1.51. The van der Waals surface area contributed by atoms with Crippen LogP contribution in [0.3, 0.4) is 0 Å². The van der Waals surface area contributed by atoms with Crippen molar-refractivity contribution in [2.24, 2.45) is 22.2 Å². The molecule has 0 aromatic heterocycles. The molecular formula is C19H25NO2. The lowest BCUT2D eigenvalue weighted by molar-refractivity contribution is -0.165. The number of carbonyl (C=O) groups is 1. The monoisotopic (exact) mass is 299 g/mol. The van der Waals surface area contributed by atoms with Crippen LogP contribution in [0.25, 0.3) is 0 Å². The van der Waals surface area contributed by atoms with Gasteiger partial charge in [0.1, 0.15) is 5.75 Å². The van der Waals surface area contributed by atoms with E-state index >= 15 is 0 Å². The molecule has 4 bridgehead atoms. The zero-order valence-electron chi connectivity index (χ0n) is 13.5. The van der Waals surface area contributed by atoms with Gasteiger partial charge in [0.25, 0.3) is 0 Å². The summed E-state index contributed by atoms with van der Waals surface area (Å²) >= 11 is 0. The number of phenolic OH excluding ortho intramolecular Hbond substituents is 1. The number of hydrogen-bond donors (Lipinski definition) is 2. The Bertz CT molecular complexity index is 603. The predicted octanol–water partition coefficient (Wildman–Crippen LogP) is 4.33. The van der Waals surface area contributed by atoms with Crippen molar-refractivity contribution < 1.29 is 9.90 Å². The largest absolute Gasteiger partial charge is 0.508 e. The molecule has 4 aliphatic rings. The fraction of sp³-hybridized carbons (Fsp3) is 0.632. The highest BCUT2D eigenvalue weighted by Crippen LogP contribution is 2.69. The van der Waals surface area contributed by atoms with Gasteiger partial charge >= 0.3 is 0 Å². The molecule has 4 saturated carbocycles. The third-order valence-electron chi connectivity index (χ3n) is 6.23. The molecule has 4 fully saturated rings. The van der Waals surface area contributed by atoms with Gasteiger partial charge in [0, 0.05) is 5.69 Å². The van der Waals surface area contributed by atoms with E-state index < -0.39 is 0 Å². The van der Waals surface area contributed by atoms with Crippen molar-refractivity contribution in [3.05, 3.63) is 24.3 Å². The van der Waals surface area contributed by atoms with Crippen molar-refractivity contribution in [3.63, 3.8) is 0 Å². The van der Waals surface area contributed by atoms with E-state index in [1.165, 1.54) is 19.3 Å². The Morgan fingerprint density at radius 3 is 2.18 bits per heavy atom. The minimum atomic E-state index is -0.180. The van der Waals surface area contributed by atoms with E-state index in [2.05, 4.69) is 19.2 Å². The number of hydrogen-bond acceptors (Lipinski definition) is 2. The maximum absolute atomic E-state index is 13.1. The van der Waals surface area contributed by atoms with Crippen LogP contribution in [0.2, 0.25) is 0 Å². The van der Waals surface area contributed by atoms with Crippen LogP contribution in [0, 0.1) is 22.2 Å². The molecule has 1 amide bonds. The molecule has 1 aromatic rings. The van der Waals surface area contributed by atoms with Crippen molar-refractivity contribution in [1.82, 2.24) is 0 Å². The molecule has 118 valence electrons. The number of phenols is 1. The Morgan fingerprint density at radius 1 is 1.05 bits per heavy atom. The third kappa shape index (κ3) is 2.13. The predicted molar refractivity (Wildman–Crippen MR) is 86.6 cm³/mol. The summed E-state index contributed by atoms with van der Waals surface area (Å²) in [5.74, 6) is 1.14. The molecule has 0 heterocycles. The van der Waals surface area contributed by atoms with Gasteiger partial charge in [0.05, 0.1) is 5.41 Å². The minimum Gasteiger partial charge on any atom is -0.508 e. The summed E-state index contributed by atoms with van der Waals surface area (Å²) in [6.07, 6.45) is 7.02. The standard InChI is InChI=1S/C19H25NO2/c1-17-7-13-8-18(2,10-17)12-19(9-13,11-17)16(22)20-14-3-5-15(21)6-4-14/h3-6,13,21H,7-12H2,1-2H3,(H,20,22). The molecule has 0 aliphatic heterocycles. The number of benzene rings is 1. The van der Waals surface area contributed by atoms with Gasteiger partial charge in [-0.2, -0.15) is 0 Å². The number of nitrogens with one attached hydrogen (secondary N) is 1. The van der Waals surface area contributed by atoms with E-state index in [9.17, 15) is 9.90 Å². The summed E-state index contributed by atoms with van der Waals surface area (Å²) < 4.78 is 0. The SMILES string of the molecule is CC12CC3CC(C)(C1)CC(C(=O)Nc1ccc(O)cc1)(C3)C2. The van der Waals surface area contributed by atoms with Gasteiger partial charge in [-0.3, -0.25) is 4.79 Å². The van der Waals surface area contributed by atoms with Crippen LogP contribution in [-0.4, -0.2) is 11.0 Å². The van der Waals surface area contributed by atoms with E-state index in [1.54, 1.807) is 24.3 Å². The first-order chi connectivity index (χ1) is 10.3. The van der Waals surface area contributed by atoms with Crippen LogP contribution >= 0.6 is 0 Å². The first-order valence-corrected chi connectivity index (χ1v) is 8.41. The topological polar surface area (TPSA) is 49.3 Å². The highest BCUT2D eigenvalue weighted by Gasteiger charge is 2.62. The smallest absolute Gasteiger partial charge is 0.230 e. The number of carbonyl (C=O) groups excluding carboxylic acids is 1. The van der Waals surface area contributed by atoms with Crippen LogP contribution in [0.15, 0.2) is 24.3 Å². The van der Waals surface area contributed by atoms with Crippen LogP contribution in [0.4, 0.5) is 5.69 Å². The summed E-state index contributed by atoms with van der Waals surface area (Å²) in [6, 6.07) is 6.80. The van der Waals surface area contributed by atoms with Crippen LogP contribution in [-0.2, 0) is 4.79 Å². The summed E-state index contributed by atoms with van der Waals surface area (Å²) in [7, 11) is 0. The van der Waals surface area contributed by atoms with Crippen LogP contribution < -0.4 is 5.32 Å². The van der Waals surface area contributed by atoms with Gasteiger partial charge in [-0.1, -0.05) is 13.8 Å². The van der Waals surface area contributed by atoms with Crippen molar-refractivity contribution in [1.29, 1.82) is 0 Å². The van der Waals surface area contributed by atoms with E-state index in [0.717, 1.165) is 30.9 Å². The molecule has 2 N–H and O–H groups in total. The molecule has 3 heteroatoms. The summed E-state index contributed by atoms with van der Waals surface area (Å²) in [5, 5.41) is 12.5. The summed E-state index contributed by atoms with van der Waals surface area (Å²) in [4.78, 5) is 13.1. The second-order valence-electron chi connectivity index (χ2n) is 8.91. The van der Waals surface area contributed by atoms with Gasteiger partial charge in [-0.25, -0.2) is 0 Å². The molecule has 5 rings (SSSR count). The first-order valence-electron chi connectivity index (χ1n) is 8.41. The Balaban J connectivity index is 1.61. The van der Waals surface area contributed by atoms with Crippen LogP contribution in [0.5, 0.6) is 5.75 Å². The number of amides is 1. The van der Waals surface area contributed by atoms with E-state index in [4.69, 9.17) is 0 Å². The Labute approximate surface area is 132 Å². The number of anilines is 1. The number of rotatable bonds is 2. The van der Waals surface area contributed by atoms with E-state index in [-0.39, 0.29) is 17.1 Å². The first kappa shape index (κ1) is 14.1. The number of aromatic hydroxyl groups is 1. The zero-order valence-corrected chi connectivity index (χ0v) is 13.5. The average molecular weight is 299 g/mol.